The Bertz CT molecular complexity index is 249. The molecule has 1 N–H and O–H groups in total. The van der Waals surface area contributed by atoms with E-state index in [1.54, 1.807) is 4.90 Å². The fourth-order valence-electron chi connectivity index (χ4n) is 2.95. The highest BCUT2D eigenvalue weighted by atomic mass is 79.9. The average Bonchev–Trinajstić information content (AvgIpc) is 2.64. The van der Waals surface area contributed by atoms with Crippen molar-refractivity contribution in [2.45, 2.75) is 32.1 Å². The summed E-state index contributed by atoms with van der Waals surface area (Å²) in [6.07, 6.45) is 5.29. The summed E-state index contributed by atoms with van der Waals surface area (Å²) >= 11 is 3.54. The fourth-order valence-corrected chi connectivity index (χ4v) is 3.60. The molecule has 1 saturated heterocycles. The number of likely N-dealkylation sites (tertiary alicyclic amines) is 1. The van der Waals surface area contributed by atoms with Gasteiger partial charge in [-0.15, -0.1) is 0 Å². The monoisotopic (exact) mass is 275 g/mol. The number of carboxylic acid groups (broad SMARTS) is 1. The summed E-state index contributed by atoms with van der Waals surface area (Å²) in [5, 5.41) is 10.0. The molecule has 4 heteroatoms. The smallest absolute Gasteiger partial charge is 0.407 e. The number of hydrogen-bond donors (Lipinski definition) is 1. The van der Waals surface area contributed by atoms with Crippen LogP contribution in [0.4, 0.5) is 4.79 Å². The number of hydrogen-bond acceptors (Lipinski definition) is 1. The summed E-state index contributed by atoms with van der Waals surface area (Å²) in [7, 11) is 0. The van der Waals surface area contributed by atoms with Gasteiger partial charge in [0.15, 0.2) is 0 Å². The molecule has 1 heterocycles. The van der Waals surface area contributed by atoms with Crippen molar-refractivity contribution in [3.8, 4) is 0 Å². The highest BCUT2D eigenvalue weighted by Gasteiger charge is 2.42. The summed E-state index contributed by atoms with van der Waals surface area (Å²) in [6, 6.07) is 0. The largest absolute Gasteiger partial charge is 0.465 e. The number of amides is 1. The zero-order valence-corrected chi connectivity index (χ0v) is 10.5. The van der Waals surface area contributed by atoms with E-state index in [0.29, 0.717) is 5.41 Å². The molecular formula is C11H18BrNO2. The lowest BCUT2D eigenvalue weighted by Crippen LogP contribution is -2.33. The van der Waals surface area contributed by atoms with Crippen LogP contribution in [-0.2, 0) is 0 Å². The number of carbonyl (C=O) groups is 1. The standard InChI is InChI=1S/C11H18BrNO2/c12-7-9-1-3-11(4-2-9)5-6-13(8-11)10(14)15/h9H,1-8H2,(H,14,15). The molecule has 0 radical (unpaired) electrons. The molecule has 1 saturated carbocycles. The Morgan fingerprint density at radius 3 is 2.53 bits per heavy atom. The van der Waals surface area contributed by atoms with Gasteiger partial charge in [0.25, 0.3) is 0 Å². The molecule has 1 aliphatic carbocycles. The second-order valence-electron chi connectivity index (χ2n) is 5.05. The molecule has 0 atom stereocenters. The molecule has 0 aromatic rings. The number of rotatable bonds is 1. The first-order chi connectivity index (χ1) is 7.15. The van der Waals surface area contributed by atoms with Crippen LogP contribution in [0.15, 0.2) is 0 Å². The van der Waals surface area contributed by atoms with Crippen molar-refractivity contribution in [2.75, 3.05) is 18.4 Å². The lowest BCUT2D eigenvalue weighted by atomic mass is 9.70. The average molecular weight is 276 g/mol. The van der Waals surface area contributed by atoms with Gasteiger partial charge in [0.05, 0.1) is 0 Å². The van der Waals surface area contributed by atoms with Crippen molar-refractivity contribution in [3.05, 3.63) is 0 Å². The van der Waals surface area contributed by atoms with Gasteiger partial charge in [0, 0.05) is 18.4 Å². The third kappa shape index (κ3) is 2.30. The number of halogens is 1. The first-order valence-corrected chi connectivity index (χ1v) is 6.81. The fraction of sp³-hybridized carbons (Fsp3) is 0.909. The van der Waals surface area contributed by atoms with E-state index in [0.717, 1.165) is 30.8 Å². The zero-order valence-electron chi connectivity index (χ0n) is 8.91. The third-order valence-corrected chi connectivity index (χ3v) is 5.01. The highest BCUT2D eigenvalue weighted by Crippen LogP contribution is 2.45. The maximum atomic E-state index is 10.9. The normalized spacial score (nSPS) is 36.1. The molecule has 0 unspecified atom stereocenters. The molecule has 0 bridgehead atoms. The Morgan fingerprint density at radius 1 is 1.40 bits per heavy atom. The Kier molecular flexibility index (Phi) is 3.24. The Labute approximate surface area is 99.0 Å². The Morgan fingerprint density at radius 2 is 2.07 bits per heavy atom. The maximum Gasteiger partial charge on any atom is 0.407 e. The Balaban J connectivity index is 1.92. The topological polar surface area (TPSA) is 40.5 Å². The lowest BCUT2D eigenvalue weighted by molar-refractivity contribution is 0.132. The first-order valence-electron chi connectivity index (χ1n) is 5.69. The van der Waals surface area contributed by atoms with E-state index in [4.69, 9.17) is 5.11 Å². The van der Waals surface area contributed by atoms with Crippen LogP contribution in [0, 0.1) is 11.3 Å². The molecule has 15 heavy (non-hydrogen) atoms. The van der Waals surface area contributed by atoms with Crippen LogP contribution in [0.5, 0.6) is 0 Å². The van der Waals surface area contributed by atoms with Gasteiger partial charge >= 0.3 is 6.09 Å². The summed E-state index contributed by atoms with van der Waals surface area (Å²) in [5.74, 6) is 0.814. The van der Waals surface area contributed by atoms with E-state index in [1.807, 2.05) is 0 Å². The van der Waals surface area contributed by atoms with Crippen molar-refractivity contribution in [1.82, 2.24) is 4.90 Å². The minimum Gasteiger partial charge on any atom is -0.465 e. The van der Waals surface area contributed by atoms with E-state index >= 15 is 0 Å². The van der Waals surface area contributed by atoms with Gasteiger partial charge in [-0.25, -0.2) is 4.79 Å². The van der Waals surface area contributed by atoms with E-state index in [9.17, 15) is 4.79 Å². The Hall–Kier alpha value is -0.250. The van der Waals surface area contributed by atoms with Crippen molar-refractivity contribution in [3.63, 3.8) is 0 Å². The van der Waals surface area contributed by atoms with Crippen LogP contribution in [0.3, 0.4) is 0 Å². The number of nitrogens with zero attached hydrogens (tertiary/aromatic N) is 1. The van der Waals surface area contributed by atoms with Gasteiger partial charge in [-0.05, 0) is 43.4 Å². The predicted octanol–water partition coefficient (Wildman–Crippen LogP) is 2.94. The van der Waals surface area contributed by atoms with Crippen LogP contribution >= 0.6 is 15.9 Å². The molecule has 1 aliphatic heterocycles. The van der Waals surface area contributed by atoms with Gasteiger partial charge in [-0.3, -0.25) is 0 Å². The van der Waals surface area contributed by atoms with Gasteiger partial charge in [-0.2, -0.15) is 0 Å². The molecule has 1 spiro atoms. The minimum atomic E-state index is -0.741. The van der Waals surface area contributed by atoms with Crippen LogP contribution < -0.4 is 0 Å². The predicted molar refractivity (Wildman–Crippen MR) is 62.4 cm³/mol. The van der Waals surface area contributed by atoms with Gasteiger partial charge in [0.2, 0.25) is 0 Å². The van der Waals surface area contributed by atoms with Gasteiger partial charge in [-0.1, -0.05) is 15.9 Å². The summed E-state index contributed by atoms with van der Waals surface area (Å²) in [4.78, 5) is 12.5. The molecular weight excluding hydrogens is 258 g/mol. The van der Waals surface area contributed by atoms with E-state index in [2.05, 4.69) is 15.9 Å². The quantitative estimate of drug-likeness (QED) is 0.748. The summed E-state index contributed by atoms with van der Waals surface area (Å²) < 4.78 is 0. The summed E-state index contributed by atoms with van der Waals surface area (Å²) in [6.45, 7) is 1.52. The third-order valence-electron chi connectivity index (χ3n) is 4.09. The molecule has 2 aliphatic rings. The van der Waals surface area contributed by atoms with E-state index in [-0.39, 0.29) is 0 Å². The second-order valence-corrected chi connectivity index (χ2v) is 5.70. The van der Waals surface area contributed by atoms with E-state index < -0.39 is 6.09 Å². The maximum absolute atomic E-state index is 10.9. The molecule has 2 rings (SSSR count). The van der Waals surface area contributed by atoms with E-state index in [1.165, 1.54) is 25.7 Å². The first kappa shape index (κ1) is 11.2. The molecule has 0 aromatic heterocycles. The summed E-state index contributed by atoms with van der Waals surface area (Å²) in [5.41, 5.74) is 0.330. The van der Waals surface area contributed by atoms with Crippen LogP contribution in [0.25, 0.3) is 0 Å². The van der Waals surface area contributed by atoms with Crippen molar-refractivity contribution in [1.29, 1.82) is 0 Å². The molecule has 86 valence electrons. The van der Waals surface area contributed by atoms with Crippen molar-refractivity contribution < 1.29 is 9.90 Å². The highest BCUT2D eigenvalue weighted by molar-refractivity contribution is 9.09. The van der Waals surface area contributed by atoms with Crippen LogP contribution in [-0.4, -0.2) is 34.5 Å². The molecule has 3 nitrogen and oxygen atoms in total. The lowest BCUT2D eigenvalue weighted by Gasteiger charge is -2.36. The SMILES string of the molecule is O=C(O)N1CCC2(CCC(CBr)CC2)C1. The molecule has 0 aromatic carbocycles. The molecule has 1 amide bonds. The van der Waals surface area contributed by atoms with Crippen LogP contribution in [0.1, 0.15) is 32.1 Å². The number of alkyl halides is 1. The van der Waals surface area contributed by atoms with Crippen molar-refractivity contribution >= 4 is 22.0 Å². The van der Waals surface area contributed by atoms with Crippen molar-refractivity contribution in [2.24, 2.45) is 11.3 Å². The van der Waals surface area contributed by atoms with Gasteiger partial charge < -0.3 is 10.0 Å². The van der Waals surface area contributed by atoms with Gasteiger partial charge in [0.1, 0.15) is 0 Å². The van der Waals surface area contributed by atoms with Crippen LogP contribution in [0.2, 0.25) is 0 Å². The second kappa shape index (κ2) is 4.32. The molecule has 2 fully saturated rings. The minimum absolute atomic E-state index is 0.330. The zero-order chi connectivity index (χ0) is 10.9.